The molecule has 0 saturated carbocycles. The summed E-state index contributed by atoms with van der Waals surface area (Å²) in [4.78, 5) is 2.31. The fourth-order valence-corrected chi connectivity index (χ4v) is 1.65. The first kappa shape index (κ1) is 7.21. The summed E-state index contributed by atoms with van der Waals surface area (Å²) in [6.45, 7) is 2.06. The van der Waals surface area contributed by atoms with Crippen LogP contribution < -0.4 is 5.32 Å². The van der Waals surface area contributed by atoms with Gasteiger partial charge in [-0.05, 0) is 10.2 Å². The minimum Gasteiger partial charge on any atom is -0.349 e. The van der Waals surface area contributed by atoms with Crippen LogP contribution in [0.3, 0.4) is 0 Å². The van der Waals surface area contributed by atoms with Crippen molar-refractivity contribution in [3.63, 3.8) is 0 Å². The van der Waals surface area contributed by atoms with Crippen molar-refractivity contribution in [2.75, 3.05) is 13.1 Å². The Labute approximate surface area is 79.8 Å². The molecule has 3 heteroatoms. The van der Waals surface area contributed by atoms with Gasteiger partial charge in [0.25, 0.3) is 0 Å². The summed E-state index contributed by atoms with van der Waals surface area (Å²) in [6.07, 6.45) is 6.37. The van der Waals surface area contributed by atoms with Crippen LogP contribution in [0.2, 0.25) is 0 Å². The summed E-state index contributed by atoms with van der Waals surface area (Å²) in [6, 6.07) is 0. The molecule has 0 bridgehead atoms. The van der Waals surface area contributed by atoms with Crippen molar-refractivity contribution in [1.82, 2.24) is 10.2 Å². The van der Waals surface area contributed by atoms with Crippen molar-refractivity contribution < 1.29 is 0 Å². The quantitative estimate of drug-likeness (QED) is 0.665. The summed E-state index contributed by atoms with van der Waals surface area (Å²) in [5, 5.41) is 3.33. The van der Waals surface area contributed by atoms with Crippen molar-refractivity contribution in [3.8, 4) is 0 Å². The number of hydrogen-bond acceptors (Lipinski definition) is 2. The fraction of sp³-hybridized carbons (Fsp3) is 0.250. The molecule has 2 aliphatic heterocycles. The Morgan fingerprint density at radius 3 is 3.27 bits per heavy atom. The SMILES string of the molecule is IC=C1CN2CC=CC=C2N1. The van der Waals surface area contributed by atoms with Gasteiger partial charge in [0.15, 0.2) is 0 Å². The van der Waals surface area contributed by atoms with Gasteiger partial charge in [-0.15, -0.1) is 0 Å². The summed E-state index contributed by atoms with van der Waals surface area (Å²) in [7, 11) is 0. The van der Waals surface area contributed by atoms with E-state index >= 15 is 0 Å². The minimum atomic E-state index is 1.03. The van der Waals surface area contributed by atoms with Gasteiger partial charge in [0.05, 0.1) is 6.54 Å². The third-order valence-corrected chi connectivity index (χ3v) is 2.59. The highest BCUT2D eigenvalue weighted by Crippen LogP contribution is 2.17. The van der Waals surface area contributed by atoms with E-state index in [1.807, 2.05) is 0 Å². The normalized spacial score (nSPS) is 25.0. The second-order valence-electron chi connectivity index (χ2n) is 2.62. The topological polar surface area (TPSA) is 15.3 Å². The molecule has 0 aromatic carbocycles. The van der Waals surface area contributed by atoms with Gasteiger partial charge in [-0.3, -0.25) is 0 Å². The highest BCUT2D eigenvalue weighted by molar-refractivity contribution is 14.1. The molecule has 0 aliphatic carbocycles. The van der Waals surface area contributed by atoms with Gasteiger partial charge in [-0.1, -0.05) is 34.7 Å². The van der Waals surface area contributed by atoms with E-state index in [2.05, 4.69) is 55.1 Å². The van der Waals surface area contributed by atoms with E-state index < -0.39 is 0 Å². The molecule has 2 aliphatic rings. The Balaban J connectivity index is 2.21. The zero-order chi connectivity index (χ0) is 7.68. The summed E-state index contributed by atoms with van der Waals surface area (Å²) in [5.74, 6) is 1.23. The van der Waals surface area contributed by atoms with E-state index in [9.17, 15) is 0 Å². The van der Waals surface area contributed by atoms with Crippen LogP contribution in [0.25, 0.3) is 0 Å². The average Bonchev–Trinajstić information content (AvgIpc) is 2.46. The average molecular weight is 260 g/mol. The molecule has 0 aromatic rings. The van der Waals surface area contributed by atoms with Crippen LogP contribution >= 0.6 is 22.6 Å². The van der Waals surface area contributed by atoms with Crippen LogP contribution in [0.1, 0.15) is 0 Å². The Morgan fingerprint density at radius 1 is 1.64 bits per heavy atom. The lowest BCUT2D eigenvalue weighted by Gasteiger charge is -2.17. The predicted molar refractivity (Wildman–Crippen MR) is 54.0 cm³/mol. The maximum atomic E-state index is 3.33. The van der Waals surface area contributed by atoms with Crippen molar-refractivity contribution in [2.24, 2.45) is 0 Å². The van der Waals surface area contributed by atoms with Crippen LogP contribution in [0.5, 0.6) is 0 Å². The maximum absolute atomic E-state index is 3.33. The molecule has 1 saturated heterocycles. The molecule has 58 valence electrons. The van der Waals surface area contributed by atoms with Gasteiger partial charge < -0.3 is 10.2 Å². The highest BCUT2D eigenvalue weighted by atomic mass is 127. The summed E-state index contributed by atoms with van der Waals surface area (Å²) < 4.78 is 2.09. The number of nitrogens with one attached hydrogen (secondary N) is 1. The van der Waals surface area contributed by atoms with E-state index in [-0.39, 0.29) is 0 Å². The first-order chi connectivity index (χ1) is 5.40. The fourth-order valence-electron chi connectivity index (χ4n) is 1.29. The molecular formula is C8H9IN2. The smallest absolute Gasteiger partial charge is 0.106 e. The van der Waals surface area contributed by atoms with Crippen molar-refractivity contribution in [1.29, 1.82) is 0 Å². The summed E-state index contributed by atoms with van der Waals surface area (Å²) >= 11 is 2.26. The Bertz CT molecular complexity index is 253. The van der Waals surface area contributed by atoms with E-state index in [1.165, 1.54) is 11.5 Å². The van der Waals surface area contributed by atoms with Gasteiger partial charge >= 0.3 is 0 Å². The van der Waals surface area contributed by atoms with Gasteiger partial charge in [0, 0.05) is 12.2 Å². The third kappa shape index (κ3) is 1.29. The van der Waals surface area contributed by atoms with Crippen LogP contribution in [0.4, 0.5) is 0 Å². The molecule has 0 radical (unpaired) electrons. The molecule has 1 N–H and O–H groups in total. The van der Waals surface area contributed by atoms with E-state index in [4.69, 9.17) is 0 Å². The zero-order valence-electron chi connectivity index (χ0n) is 6.05. The molecule has 0 atom stereocenters. The monoisotopic (exact) mass is 260 g/mol. The Morgan fingerprint density at radius 2 is 2.55 bits per heavy atom. The van der Waals surface area contributed by atoms with Crippen LogP contribution in [0, 0.1) is 0 Å². The molecule has 1 fully saturated rings. The summed E-state index contributed by atoms with van der Waals surface area (Å²) in [5.41, 5.74) is 1.29. The first-order valence-electron chi connectivity index (χ1n) is 3.58. The molecule has 0 amide bonds. The maximum Gasteiger partial charge on any atom is 0.106 e. The number of rotatable bonds is 0. The Hall–Kier alpha value is -0.450. The molecular weight excluding hydrogens is 251 g/mol. The first-order valence-corrected chi connectivity index (χ1v) is 4.83. The highest BCUT2D eigenvalue weighted by Gasteiger charge is 2.19. The third-order valence-electron chi connectivity index (χ3n) is 1.84. The van der Waals surface area contributed by atoms with Gasteiger partial charge in [0.2, 0.25) is 0 Å². The standard InChI is InChI=1S/C8H9IN2/c9-5-7-6-11-4-2-1-3-8(11)10-7/h1-3,5,10H,4,6H2. The molecule has 11 heavy (non-hydrogen) atoms. The molecule has 0 spiro atoms. The van der Waals surface area contributed by atoms with Crippen LogP contribution in [-0.2, 0) is 0 Å². The zero-order valence-corrected chi connectivity index (χ0v) is 8.21. The van der Waals surface area contributed by atoms with Crippen molar-refractivity contribution in [2.45, 2.75) is 0 Å². The van der Waals surface area contributed by atoms with E-state index in [0.29, 0.717) is 0 Å². The minimum absolute atomic E-state index is 1.03. The second kappa shape index (κ2) is 2.89. The number of fused-ring (bicyclic) bond motifs is 1. The molecule has 2 rings (SSSR count). The number of allylic oxidation sites excluding steroid dienone is 2. The lowest BCUT2D eigenvalue weighted by atomic mass is 10.3. The van der Waals surface area contributed by atoms with E-state index in [1.54, 1.807) is 0 Å². The van der Waals surface area contributed by atoms with Crippen molar-refractivity contribution in [3.05, 3.63) is 33.8 Å². The molecule has 0 aromatic heterocycles. The molecule has 0 unspecified atom stereocenters. The Kier molecular flexibility index (Phi) is 1.89. The predicted octanol–water partition coefficient (Wildman–Crippen LogP) is 1.58. The van der Waals surface area contributed by atoms with Gasteiger partial charge in [0.1, 0.15) is 5.82 Å². The lowest BCUT2D eigenvalue weighted by Crippen LogP contribution is -2.21. The molecule has 2 nitrogen and oxygen atoms in total. The van der Waals surface area contributed by atoms with Crippen LogP contribution in [-0.4, -0.2) is 18.0 Å². The van der Waals surface area contributed by atoms with E-state index in [0.717, 1.165) is 13.1 Å². The lowest BCUT2D eigenvalue weighted by molar-refractivity contribution is 0.440. The largest absolute Gasteiger partial charge is 0.349 e. The van der Waals surface area contributed by atoms with Gasteiger partial charge in [-0.2, -0.15) is 0 Å². The second-order valence-corrected chi connectivity index (χ2v) is 3.24. The number of nitrogens with zero attached hydrogens (tertiary/aromatic N) is 1. The molecule has 2 heterocycles. The van der Waals surface area contributed by atoms with Crippen molar-refractivity contribution >= 4 is 22.6 Å². The number of halogens is 1. The van der Waals surface area contributed by atoms with Crippen LogP contribution in [0.15, 0.2) is 33.8 Å². The number of hydrogen-bond donors (Lipinski definition) is 1. The van der Waals surface area contributed by atoms with Gasteiger partial charge in [-0.25, -0.2) is 0 Å².